The molecule has 0 fully saturated rings. The Morgan fingerprint density at radius 1 is 1.23 bits per heavy atom. The topological polar surface area (TPSA) is 30.8 Å². The van der Waals surface area contributed by atoms with Gasteiger partial charge in [0.1, 0.15) is 12.4 Å². The number of ether oxygens (including phenoxy) is 2. The van der Waals surface area contributed by atoms with Crippen molar-refractivity contribution < 1.29 is 9.47 Å². The molecular formula is C23H35NO2. The molecule has 0 N–H and O–H groups in total. The van der Waals surface area contributed by atoms with Crippen LogP contribution in [0.15, 0.2) is 35.3 Å². The Hall–Kier alpha value is -1.77. The van der Waals surface area contributed by atoms with Gasteiger partial charge >= 0.3 is 0 Å². The first-order chi connectivity index (χ1) is 12.4. The fraction of sp³-hybridized carbons (Fsp3) is 0.609. The van der Waals surface area contributed by atoms with Crippen molar-refractivity contribution >= 4 is 11.7 Å². The third-order valence-electron chi connectivity index (χ3n) is 5.12. The van der Waals surface area contributed by atoms with E-state index in [0.717, 1.165) is 42.2 Å². The highest BCUT2D eigenvalue weighted by atomic mass is 16.5. The number of nitrogens with zero attached hydrogens (tertiary/aromatic N) is 1. The summed E-state index contributed by atoms with van der Waals surface area (Å²) in [5.74, 6) is 3.30. The molecule has 1 aliphatic rings. The monoisotopic (exact) mass is 357 g/mol. The van der Waals surface area contributed by atoms with E-state index in [2.05, 4.69) is 65.8 Å². The summed E-state index contributed by atoms with van der Waals surface area (Å²) in [5.41, 5.74) is 2.12. The Labute approximate surface area is 159 Å². The first-order valence-electron chi connectivity index (χ1n) is 10.1. The van der Waals surface area contributed by atoms with Crippen molar-refractivity contribution in [2.24, 2.45) is 22.7 Å². The van der Waals surface area contributed by atoms with Gasteiger partial charge in [-0.05, 0) is 36.3 Å². The Bertz CT molecular complexity index is 631. The summed E-state index contributed by atoms with van der Waals surface area (Å²) < 4.78 is 12.2. The molecule has 3 nitrogen and oxygen atoms in total. The normalized spacial score (nSPS) is 18.8. The maximum absolute atomic E-state index is 6.28. The molecule has 3 heteroatoms. The van der Waals surface area contributed by atoms with Gasteiger partial charge in [0.15, 0.2) is 0 Å². The zero-order valence-corrected chi connectivity index (χ0v) is 17.3. The van der Waals surface area contributed by atoms with Gasteiger partial charge in [0.2, 0.25) is 5.90 Å². The minimum Gasteiger partial charge on any atom is -0.493 e. The largest absolute Gasteiger partial charge is 0.493 e. The zero-order chi connectivity index (χ0) is 19.1. The molecule has 2 atom stereocenters. The molecule has 1 aliphatic heterocycles. The molecule has 2 rings (SSSR count). The number of hydrogen-bond acceptors (Lipinski definition) is 3. The van der Waals surface area contributed by atoms with Gasteiger partial charge in [-0.15, -0.1) is 0 Å². The van der Waals surface area contributed by atoms with E-state index in [1.54, 1.807) is 0 Å². The van der Waals surface area contributed by atoms with Crippen LogP contribution in [-0.2, 0) is 9.47 Å². The van der Waals surface area contributed by atoms with Crippen molar-refractivity contribution in [2.75, 3.05) is 13.2 Å². The summed E-state index contributed by atoms with van der Waals surface area (Å²) in [6, 6.07) is 8.55. The highest BCUT2D eigenvalue weighted by molar-refractivity contribution is 5.99. The molecule has 2 unspecified atom stereocenters. The SMILES string of the molecule is CCCC=C(OCC(C)C(C)C)c1ccccc1C1=NC(C(C)C)CO1. The average Bonchev–Trinajstić information content (AvgIpc) is 3.12. The van der Waals surface area contributed by atoms with Crippen molar-refractivity contribution in [2.45, 2.75) is 60.4 Å². The molecule has 0 aliphatic carbocycles. The number of unbranched alkanes of at least 4 members (excludes halogenated alkanes) is 1. The van der Waals surface area contributed by atoms with Crippen molar-refractivity contribution in [1.82, 2.24) is 0 Å². The van der Waals surface area contributed by atoms with Gasteiger partial charge in [-0.3, -0.25) is 0 Å². The lowest BCUT2D eigenvalue weighted by molar-refractivity contribution is 0.194. The van der Waals surface area contributed by atoms with Crippen LogP contribution < -0.4 is 0 Å². The number of allylic oxidation sites excluding steroid dienone is 1. The molecule has 0 bridgehead atoms. The van der Waals surface area contributed by atoms with Crippen molar-refractivity contribution in [3.05, 3.63) is 41.5 Å². The van der Waals surface area contributed by atoms with Crippen LogP contribution in [0.1, 0.15) is 65.5 Å². The Kier molecular flexibility index (Phi) is 7.74. The maximum Gasteiger partial charge on any atom is 0.217 e. The lowest BCUT2D eigenvalue weighted by atomic mass is 9.99. The Morgan fingerprint density at radius 2 is 1.96 bits per heavy atom. The minimum absolute atomic E-state index is 0.239. The van der Waals surface area contributed by atoms with E-state index in [1.807, 2.05) is 6.07 Å². The smallest absolute Gasteiger partial charge is 0.217 e. The van der Waals surface area contributed by atoms with Crippen LogP contribution in [0.4, 0.5) is 0 Å². The van der Waals surface area contributed by atoms with Gasteiger partial charge in [0.05, 0.1) is 12.6 Å². The lowest BCUT2D eigenvalue weighted by Crippen LogP contribution is -2.13. The molecule has 1 aromatic carbocycles. The number of aliphatic imine (C=N–C) groups is 1. The van der Waals surface area contributed by atoms with Crippen LogP contribution in [0.3, 0.4) is 0 Å². The average molecular weight is 358 g/mol. The van der Waals surface area contributed by atoms with Gasteiger partial charge in [0.25, 0.3) is 0 Å². The number of hydrogen-bond donors (Lipinski definition) is 0. The van der Waals surface area contributed by atoms with E-state index in [9.17, 15) is 0 Å². The summed E-state index contributed by atoms with van der Waals surface area (Å²) in [6.45, 7) is 14.7. The van der Waals surface area contributed by atoms with Gasteiger partial charge in [-0.2, -0.15) is 0 Å². The molecule has 0 amide bonds. The summed E-state index contributed by atoms with van der Waals surface area (Å²) in [6.07, 6.45) is 4.31. The van der Waals surface area contributed by atoms with Crippen LogP contribution >= 0.6 is 0 Å². The third kappa shape index (κ3) is 5.36. The second kappa shape index (κ2) is 9.80. The van der Waals surface area contributed by atoms with Crippen LogP contribution in [0, 0.1) is 17.8 Å². The second-order valence-electron chi connectivity index (χ2n) is 7.99. The van der Waals surface area contributed by atoms with Gasteiger partial charge < -0.3 is 9.47 Å². The maximum atomic E-state index is 6.28. The predicted octanol–water partition coefficient (Wildman–Crippen LogP) is 5.94. The Balaban J connectivity index is 2.30. The number of rotatable bonds is 9. The molecular weight excluding hydrogens is 322 g/mol. The highest BCUT2D eigenvalue weighted by Crippen LogP contribution is 2.27. The van der Waals surface area contributed by atoms with Gasteiger partial charge in [-0.25, -0.2) is 4.99 Å². The minimum atomic E-state index is 0.239. The quantitative estimate of drug-likeness (QED) is 0.512. The summed E-state index contributed by atoms with van der Waals surface area (Å²) in [4.78, 5) is 4.82. The van der Waals surface area contributed by atoms with E-state index in [-0.39, 0.29) is 6.04 Å². The molecule has 0 radical (unpaired) electrons. The van der Waals surface area contributed by atoms with E-state index in [1.165, 1.54) is 0 Å². The molecule has 1 aromatic rings. The molecule has 26 heavy (non-hydrogen) atoms. The lowest BCUT2D eigenvalue weighted by Gasteiger charge is -2.20. The van der Waals surface area contributed by atoms with Crippen molar-refractivity contribution in [1.29, 1.82) is 0 Å². The molecule has 0 saturated heterocycles. The van der Waals surface area contributed by atoms with Crippen LogP contribution in [0.25, 0.3) is 5.76 Å². The fourth-order valence-corrected chi connectivity index (χ4v) is 2.70. The first-order valence-corrected chi connectivity index (χ1v) is 10.1. The Morgan fingerprint density at radius 3 is 2.58 bits per heavy atom. The van der Waals surface area contributed by atoms with Gasteiger partial charge in [0, 0.05) is 11.1 Å². The number of benzene rings is 1. The zero-order valence-electron chi connectivity index (χ0n) is 17.3. The van der Waals surface area contributed by atoms with Crippen LogP contribution in [-0.4, -0.2) is 25.2 Å². The van der Waals surface area contributed by atoms with Crippen molar-refractivity contribution in [3.8, 4) is 0 Å². The fourth-order valence-electron chi connectivity index (χ4n) is 2.70. The summed E-state index contributed by atoms with van der Waals surface area (Å²) >= 11 is 0. The summed E-state index contributed by atoms with van der Waals surface area (Å²) in [7, 11) is 0. The summed E-state index contributed by atoms with van der Waals surface area (Å²) in [5, 5.41) is 0. The van der Waals surface area contributed by atoms with Crippen LogP contribution in [0.2, 0.25) is 0 Å². The van der Waals surface area contributed by atoms with E-state index >= 15 is 0 Å². The van der Waals surface area contributed by atoms with Crippen LogP contribution in [0.5, 0.6) is 0 Å². The standard InChI is InChI=1S/C23H35NO2/c1-7-8-13-22(25-14-18(6)16(2)3)19-11-9-10-12-20(19)23-24-21(15-26-23)17(4)5/h9-13,16-18,21H,7-8,14-15H2,1-6H3. The molecule has 144 valence electrons. The van der Waals surface area contributed by atoms with E-state index in [0.29, 0.717) is 24.4 Å². The third-order valence-corrected chi connectivity index (χ3v) is 5.12. The highest BCUT2D eigenvalue weighted by Gasteiger charge is 2.25. The van der Waals surface area contributed by atoms with E-state index < -0.39 is 0 Å². The molecule has 0 aromatic heterocycles. The molecule has 0 saturated carbocycles. The first kappa shape index (κ1) is 20.5. The predicted molar refractivity (Wildman–Crippen MR) is 110 cm³/mol. The molecule has 0 spiro atoms. The molecule has 1 heterocycles. The van der Waals surface area contributed by atoms with Crippen molar-refractivity contribution in [3.63, 3.8) is 0 Å². The second-order valence-corrected chi connectivity index (χ2v) is 7.99. The van der Waals surface area contributed by atoms with Gasteiger partial charge in [-0.1, -0.05) is 66.2 Å². The van der Waals surface area contributed by atoms with E-state index in [4.69, 9.17) is 14.5 Å².